The van der Waals surface area contributed by atoms with E-state index in [4.69, 9.17) is 16.6 Å². The summed E-state index contributed by atoms with van der Waals surface area (Å²) in [5.74, 6) is 0.774. The molecule has 2 aliphatic rings. The molecule has 2 aliphatic heterocycles. The fourth-order valence-electron chi connectivity index (χ4n) is 4.22. The van der Waals surface area contributed by atoms with E-state index in [1.54, 1.807) is 27.6 Å². The number of piperazine rings is 1. The number of hydrogen-bond acceptors (Lipinski definition) is 6. The molecule has 2 aromatic heterocycles. The Labute approximate surface area is 188 Å². The van der Waals surface area contributed by atoms with Crippen molar-refractivity contribution in [1.29, 1.82) is 0 Å². The van der Waals surface area contributed by atoms with Crippen molar-refractivity contribution in [2.24, 2.45) is 0 Å². The highest BCUT2D eigenvalue weighted by Crippen LogP contribution is 2.34. The lowest BCUT2D eigenvalue weighted by Gasteiger charge is -2.34. The Bertz CT molecular complexity index is 1200. The fraction of sp³-hybridized carbons (Fsp3) is 0.429. The van der Waals surface area contributed by atoms with Crippen LogP contribution in [0.2, 0.25) is 5.02 Å². The largest absolute Gasteiger partial charge is 0.340 e. The predicted molar refractivity (Wildman–Crippen MR) is 121 cm³/mol. The molecular formula is C21H23ClN6O2S. The van der Waals surface area contributed by atoms with Gasteiger partial charge in [-0.2, -0.15) is 5.10 Å². The molecule has 0 N–H and O–H groups in total. The van der Waals surface area contributed by atoms with Crippen molar-refractivity contribution in [3.63, 3.8) is 0 Å². The molecule has 1 amide bonds. The second-order valence-electron chi connectivity index (χ2n) is 7.83. The summed E-state index contributed by atoms with van der Waals surface area (Å²) >= 11 is 7.63. The summed E-state index contributed by atoms with van der Waals surface area (Å²) in [6, 6.07) is 7.10. The minimum Gasteiger partial charge on any atom is -0.340 e. The van der Waals surface area contributed by atoms with Crippen LogP contribution in [-0.2, 0) is 4.79 Å². The van der Waals surface area contributed by atoms with Crippen LogP contribution in [0.4, 0.5) is 0 Å². The van der Waals surface area contributed by atoms with Crippen molar-refractivity contribution < 1.29 is 4.79 Å². The van der Waals surface area contributed by atoms with E-state index in [0.29, 0.717) is 33.4 Å². The predicted octanol–water partition coefficient (Wildman–Crippen LogP) is 2.44. The number of thioether (sulfide) groups is 1. The topological polar surface area (TPSA) is 76.3 Å². The van der Waals surface area contributed by atoms with E-state index in [2.05, 4.69) is 16.9 Å². The van der Waals surface area contributed by atoms with Crippen molar-refractivity contribution in [3.05, 3.63) is 45.8 Å². The molecule has 0 radical (unpaired) electrons. The molecule has 1 saturated heterocycles. The Morgan fingerprint density at radius 2 is 2.06 bits per heavy atom. The number of amides is 1. The average Bonchev–Trinajstić information content (AvgIpc) is 3.39. The molecule has 1 fully saturated rings. The van der Waals surface area contributed by atoms with Crippen LogP contribution in [0.15, 0.2) is 40.4 Å². The Hall–Kier alpha value is -2.36. The van der Waals surface area contributed by atoms with Gasteiger partial charge in [-0.1, -0.05) is 36.4 Å². The monoisotopic (exact) mass is 458 g/mol. The van der Waals surface area contributed by atoms with Gasteiger partial charge in [-0.3, -0.25) is 14.2 Å². The number of nitrogens with zero attached hydrogens (tertiary/aromatic N) is 6. The third-order valence-electron chi connectivity index (χ3n) is 6.01. The standard InChI is InChI=1S/C21H23ClN6O2S/c1-2-25-6-8-26(9-7-25)18(29)11-16-13-31-21-24-19-17(20(30)27(16)21)12-23-28(19)15-5-3-4-14(22)10-15/h3-5,10,12,16H,2,6-9,11,13H2,1H3. The van der Waals surface area contributed by atoms with Crippen LogP contribution in [0.1, 0.15) is 19.4 Å². The maximum absolute atomic E-state index is 13.3. The number of benzene rings is 1. The highest BCUT2D eigenvalue weighted by atomic mass is 35.5. The molecule has 4 heterocycles. The van der Waals surface area contributed by atoms with Crippen LogP contribution in [-0.4, -0.2) is 73.5 Å². The lowest BCUT2D eigenvalue weighted by atomic mass is 10.2. The number of carbonyl (C=O) groups excluding carboxylic acids is 1. The molecule has 1 atom stereocenters. The number of aromatic nitrogens is 4. The van der Waals surface area contributed by atoms with Crippen LogP contribution in [0, 0.1) is 0 Å². The van der Waals surface area contributed by atoms with E-state index in [-0.39, 0.29) is 17.5 Å². The van der Waals surface area contributed by atoms with Gasteiger partial charge in [0.1, 0.15) is 5.39 Å². The zero-order chi connectivity index (χ0) is 21.5. The van der Waals surface area contributed by atoms with Crippen molar-refractivity contribution in [3.8, 4) is 5.69 Å². The summed E-state index contributed by atoms with van der Waals surface area (Å²) in [6.07, 6.45) is 1.87. The first-order valence-corrected chi connectivity index (χ1v) is 11.8. The molecule has 5 rings (SSSR count). The van der Waals surface area contributed by atoms with Gasteiger partial charge in [0, 0.05) is 43.4 Å². The smallest absolute Gasteiger partial charge is 0.265 e. The molecule has 1 unspecified atom stereocenters. The molecule has 31 heavy (non-hydrogen) atoms. The summed E-state index contributed by atoms with van der Waals surface area (Å²) in [4.78, 5) is 35.2. The van der Waals surface area contributed by atoms with Crippen LogP contribution >= 0.6 is 23.4 Å². The van der Waals surface area contributed by atoms with Gasteiger partial charge >= 0.3 is 0 Å². The second-order valence-corrected chi connectivity index (χ2v) is 9.25. The zero-order valence-electron chi connectivity index (χ0n) is 17.2. The Kier molecular flexibility index (Phi) is 5.49. The van der Waals surface area contributed by atoms with Crippen molar-refractivity contribution in [1.82, 2.24) is 29.1 Å². The Morgan fingerprint density at radius 3 is 2.81 bits per heavy atom. The third kappa shape index (κ3) is 3.75. The summed E-state index contributed by atoms with van der Waals surface area (Å²) in [5.41, 5.74) is 1.11. The first kappa shape index (κ1) is 20.5. The fourth-order valence-corrected chi connectivity index (χ4v) is 5.54. The third-order valence-corrected chi connectivity index (χ3v) is 7.34. The van der Waals surface area contributed by atoms with E-state index >= 15 is 0 Å². The molecular weight excluding hydrogens is 436 g/mol. The average molecular weight is 459 g/mol. The van der Waals surface area contributed by atoms with Gasteiger partial charge in [0.2, 0.25) is 5.91 Å². The van der Waals surface area contributed by atoms with Crippen LogP contribution < -0.4 is 5.56 Å². The van der Waals surface area contributed by atoms with Crippen LogP contribution in [0.3, 0.4) is 0 Å². The van der Waals surface area contributed by atoms with Crippen molar-refractivity contribution >= 4 is 40.3 Å². The number of likely N-dealkylation sites (N-methyl/N-ethyl adjacent to an activating group) is 1. The summed E-state index contributed by atoms with van der Waals surface area (Å²) in [6.45, 7) is 6.45. The van der Waals surface area contributed by atoms with Gasteiger partial charge in [-0.15, -0.1) is 0 Å². The molecule has 0 saturated carbocycles. The molecule has 3 aromatic rings. The van der Waals surface area contributed by atoms with E-state index in [9.17, 15) is 9.59 Å². The van der Waals surface area contributed by atoms with Gasteiger partial charge in [-0.05, 0) is 24.7 Å². The van der Waals surface area contributed by atoms with Crippen LogP contribution in [0.25, 0.3) is 16.7 Å². The number of rotatable bonds is 4. The number of fused-ring (bicyclic) bond motifs is 2. The van der Waals surface area contributed by atoms with E-state index in [1.807, 2.05) is 17.0 Å². The van der Waals surface area contributed by atoms with E-state index < -0.39 is 0 Å². The first-order valence-electron chi connectivity index (χ1n) is 10.4. The first-order chi connectivity index (χ1) is 15.0. The normalized spacial score (nSPS) is 19.2. The minimum absolute atomic E-state index is 0.107. The van der Waals surface area contributed by atoms with Crippen LogP contribution in [0.5, 0.6) is 0 Å². The van der Waals surface area contributed by atoms with Crippen molar-refractivity contribution in [2.45, 2.75) is 24.5 Å². The number of carbonyl (C=O) groups is 1. The van der Waals surface area contributed by atoms with Gasteiger partial charge in [0.05, 0.1) is 17.9 Å². The minimum atomic E-state index is -0.185. The Balaban J connectivity index is 1.42. The molecule has 1 aromatic carbocycles. The lowest BCUT2D eigenvalue weighted by Crippen LogP contribution is -2.49. The van der Waals surface area contributed by atoms with Gasteiger partial charge in [-0.25, -0.2) is 9.67 Å². The SMILES string of the molecule is CCN1CCN(C(=O)CC2CSc3nc4c(cnn4-c4cccc(Cl)c4)c(=O)n32)CC1. The Morgan fingerprint density at radius 1 is 1.26 bits per heavy atom. The maximum Gasteiger partial charge on any atom is 0.265 e. The zero-order valence-corrected chi connectivity index (χ0v) is 18.8. The molecule has 0 aliphatic carbocycles. The molecule has 0 bridgehead atoms. The maximum atomic E-state index is 13.3. The number of hydrogen-bond donors (Lipinski definition) is 0. The van der Waals surface area contributed by atoms with Gasteiger partial charge < -0.3 is 9.80 Å². The summed E-state index contributed by atoms with van der Waals surface area (Å²) in [5, 5.41) is 6.04. The second kappa shape index (κ2) is 8.29. The summed E-state index contributed by atoms with van der Waals surface area (Å²) in [7, 11) is 0. The summed E-state index contributed by atoms with van der Waals surface area (Å²) < 4.78 is 3.31. The molecule has 162 valence electrons. The highest BCUT2D eigenvalue weighted by Gasteiger charge is 2.31. The molecule has 0 spiro atoms. The number of halogens is 1. The molecule has 10 heteroatoms. The van der Waals surface area contributed by atoms with Gasteiger partial charge in [0.25, 0.3) is 5.56 Å². The quantitative estimate of drug-likeness (QED) is 0.559. The van der Waals surface area contributed by atoms with E-state index in [1.165, 1.54) is 11.8 Å². The lowest BCUT2D eigenvalue weighted by molar-refractivity contribution is -0.133. The van der Waals surface area contributed by atoms with Gasteiger partial charge in [0.15, 0.2) is 10.8 Å². The van der Waals surface area contributed by atoms with Crippen molar-refractivity contribution in [2.75, 3.05) is 38.5 Å². The highest BCUT2D eigenvalue weighted by molar-refractivity contribution is 7.99. The molecule has 8 nitrogen and oxygen atoms in total. The van der Waals surface area contributed by atoms with E-state index in [0.717, 1.165) is 38.4 Å².